The fraction of sp³-hybridized carbons (Fsp3) is 0.222. The van der Waals surface area contributed by atoms with Gasteiger partial charge in [0, 0.05) is 0 Å². The molecule has 0 aromatic heterocycles. The van der Waals surface area contributed by atoms with Gasteiger partial charge in [-0.1, -0.05) is 0 Å². The Kier molecular flexibility index (Phi) is 6.21. The molecule has 0 spiro atoms. The molecule has 0 heterocycles. The van der Waals surface area contributed by atoms with Gasteiger partial charge in [-0.05, 0) is 0 Å². The predicted octanol–water partition coefficient (Wildman–Crippen LogP) is 1.60. The van der Waals surface area contributed by atoms with Crippen molar-refractivity contribution < 1.29 is 19.1 Å². The van der Waals surface area contributed by atoms with Crippen molar-refractivity contribution in [2.24, 2.45) is 0 Å². The third-order valence-corrected chi connectivity index (χ3v) is 17.3. The van der Waals surface area contributed by atoms with Gasteiger partial charge in [-0.2, -0.15) is 0 Å². The number of ether oxygens (including phenoxy) is 2. The molecule has 0 bridgehead atoms. The topological polar surface area (TPSA) is 52.6 Å². The van der Waals surface area contributed by atoms with Crippen molar-refractivity contribution in [2.75, 3.05) is 14.2 Å². The Hall–Kier alpha value is -1.82. The molecule has 0 radical (unpaired) electrons. The van der Waals surface area contributed by atoms with Crippen molar-refractivity contribution in [2.45, 2.75) is 8.87 Å². The van der Waals surface area contributed by atoms with E-state index in [-0.39, 0.29) is 20.8 Å². The van der Waals surface area contributed by atoms with Crippen LogP contribution in [-0.2, 0) is 19.1 Å². The Balaban J connectivity index is 2.62. The van der Waals surface area contributed by atoms with Crippen molar-refractivity contribution in [3.05, 3.63) is 60.7 Å². The standard InChI is InChI=1S/2C6H5.2C3H5O2.Sn/c2*1-2-4-6-5-3-1;2*1-3(4)5-2;/h2*1-5H;2*1H2,2H3;. The van der Waals surface area contributed by atoms with Gasteiger partial charge in [0.25, 0.3) is 0 Å². The molecule has 0 saturated heterocycles. The first-order chi connectivity index (χ1) is 11.1. The zero-order chi connectivity index (χ0) is 16.7. The summed E-state index contributed by atoms with van der Waals surface area (Å²) < 4.78 is 12.6. The second-order valence-electron chi connectivity index (χ2n) is 5.32. The second-order valence-corrected chi connectivity index (χ2v) is 16.8. The molecule has 0 N–H and O–H groups in total. The van der Waals surface area contributed by atoms with E-state index < -0.39 is 18.4 Å². The van der Waals surface area contributed by atoms with Gasteiger partial charge in [0.1, 0.15) is 0 Å². The van der Waals surface area contributed by atoms with Crippen LogP contribution in [0.4, 0.5) is 0 Å². The molecule has 0 saturated carbocycles. The van der Waals surface area contributed by atoms with Crippen LogP contribution in [0, 0.1) is 0 Å². The molecule has 0 fully saturated rings. The zero-order valence-electron chi connectivity index (χ0n) is 13.3. The Morgan fingerprint density at radius 3 is 1.39 bits per heavy atom. The summed E-state index contributed by atoms with van der Waals surface area (Å²) in [6.45, 7) is 0. The quantitative estimate of drug-likeness (QED) is 0.528. The molecule has 0 unspecified atom stereocenters. The summed E-state index contributed by atoms with van der Waals surface area (Å²) in [4.78, 5) is 24.2. The molecule has 5 heteroatoms. The van der Waals surface area contributed by atoms with Gasteiger partial charge in [0.05, 0.1) is 0 Å². The summed E-state index contributed by atoms with van der Waals surface area (Å²) in [7, 11) is 2.76. The average Bonchev–Trinajstić information content (AvgIpc) is 2.62. The number of esters is 2. The molecule has 2 aromatic rings. The van der Waals surface area contributed by atoms with E-state index in [4.69, 9.17) is 9.47 Å². The van der Waals surface area contributed by atoms with Crippen LogP contribution in [0.2, 0.25) is 8.87 Å². The number of carbonyl (C=O) groups excluding carboxylic acids is 2. The van der Waals surface area contributed by atoms with Crippen LogP contribution in [0.5, 0.6) is 0 Å². The minimum absolute atomic E-state index is 0.272. The fourth-order valence-corrected chi connectivity index (χ4v) is 14.8. The fourth-order valence-electron chi connectivity index (χ4n) is 2.79. The maximum absolute atomic E-state index is 12.1. The van der Waals surface area contributed by atoms with Crippen molar-refractivity contribution in [1.29, 1.82) is 0 Å². The Labute approximate surface area is 140 Å². The molecular weight excluding hydrogens is 399 g/mol. The van der Waals surface area contributed by atoms with E-state index in [1.165, 1.54) is 14.2 Å². The maximum atomic E-state index is 12.1. The number of benzene rings is 2. The number of carbonyl (C=O) groups is 2. The van der Waals surface area contributed by atoms with Crippen molar-refractivity contribution in [1.82, 2.24) is 0 Å². The van der Waals surface area contributed by atoms with Crippen LogP contribution in [0.25, 0.3) is 0 Å². The van der Waals surface area contributed by atoms with Crippen molar-refractivity contribution in [3.8, 4) is 0 Å². The number of hydrogen-bond acceptors (Lipinski definition) is 4. The minimum atomic E-state index is -3.61. The van der Waals surface area contributed by atoms with E-state index in [0.29, 0.717) is 0 Å². The third kappa shape index (κ3) is 4.13. The molecule has 2 aromatic carbocycles. The third-order valence-electron chi connectivity index (χ3n) is 4.00. The van der Waals surface area contributed by atoms with E-state index in [0.717, 1.165) is 7.16 Å². The van der Waals surface area contributed by atoms with Crippen molar-refractivity contribution in [3.63, 3.8) is 0 Å². The molecule has 0 aliphatic heterocycles. The second kappa shape index (κ2) is 8.15. The Morgan fingerprint density at radius 2 is 1.09 bits per heavy atom. The van der Waals surface area contributed by atoms with Crippen LogP contribution in [0.15, 0.2) is 60.7 Å². The average molecular weight is 419 g/mol. The molecule has 23 heavy (non-hydrogen) atoms. The van der Waals surface area contributed by atoms with Crippen LogP contribution >= 0.6 is 0 Å². The summed E-state index contributed by atoms with van der Waals surface area (Å²) in [5.74, 6) is -0.560. The van der Waals surface area contributed by atoms with Gasteiger partial charge in [0.15, 0.2) is 0 Å². The van der Waals surface area contributed by atoms with Gasteiger partial charge < -0.3 is 0 Å². The SMILES string of the molecule is COC(=O)[CH2][Sn]([CH2]C(=O)OC)([c]1ccccc1)[c]1ccccc1. The first kappa shape index (κ1) is 17.5. The van der Waals surface area contributed by atoms with E-state index >= 15 is 0 Å². The number of rotatable bonds is 6. The molecule has 0 aliphatic rings. The molecule has 120 valence electrons. The first-order valence-corrected chi connectivity index (χ1v) is 14.3. The van der Waals surface area contributed by atoms with Crippen LogP contribution in [0.1, 0.15) is 0 Å². The summed E-state index contributed by atoms with van der Waals surface area (Å²) in [5, 5.41) is 0. The van der Waals surface area contributed by atoms with E-state index in [1.807, 2.05) is 60.7 Å². The number of methoxy groups -OCH3 is 2. The van der Waals surface area contributed by atoms with Gasteiger partial charge in [-0.15, -0.1) is 0 Å². The van der Waals surface area contributed by atoms with Gasteiger partial charge >= 0.3 is 140 Å². The van der Waals surface area contributed by atoms with E-state index in [1.54, 1.807) is 0 Å². The monoisotopic (exact) mass is 420 g/mol. The zero-order valence-corrected chi connectivity index (χ0v) is 16.2. The molecule has 4 nitrogen and oxygen atoms in total. The van der Waals surface area contributed by atoms with Crippen molar-refractivity contribution >= 4 is 37.5 Å². The Morgan fingerprint density at radius 1 is 0.739 bits per heavy atom. The molecule has 2 rings (SSSR count). The molecule has 0 atom stereocenters. The van der Waals surface area contributed by atoms with Gasteiger partial charge in [-0.3, -0.25) is 0 Å². The van der Waals surface area contributed by atoms with E-state index in [2.05, 4.69) is 0 Å². The first-order valence-electron chi connectivity index (χ1n) is 7.37. The van der Waals surface area contributed by atoms with Crippen LogP contribution < -0.4 is 7.16 Å². The summed E-state index contributed by atoms with van der Waals surface area (Å²) in [6.07, 6.45) is 0. The summed E-state index contributed by atoms with van der Waals surface area (Å²) >= 11 is -3.61. The number of hydrogen-bond donors (Lipinski definition) is 0. The Bertz CT molecular complexity index is 596. The van der Waals surface area contributed by atoms with Gasteiger partial charge in [0.2, 0.25) is 0 Å². The normalized spacial score (nSPS) is 10.9. The molecule has 0 aliphatic carbocycles. The predicted molar refractivity (Wildman–Crippen MR) is 91.6 cm³/mol. The van der Waals surface area contributed by atoms with E-state index in [9.17, 15) is 9.59 Å². The van der Waals surface area contributed by atoms with Gasteiger partial charge in [-0.25, -0.2) is 0 Å². The molecular formula is C18H20O4Sn. The molecule has 0 amide bonds. The summed E-state index contributed by atoms with van der Waals surface area (Å²) in [6, 6.07) is 19.7. The van der Waals surface area contributed by atoms with Crippen LogP contribution in [-0.4, -0.2) is 44.5 Å². The summed E-state index contributed by atoms with van der Waals surface area (Å²) in [5.41, 5.74) is 0. The van der Waals surface area contributed by atoms with Crippen LogP contribution in [0.3, 0.4) is 0 Å².